The van der Waals surface area contributed by atoms with Crippen LogP contribution in [-0.4, -0.2) is 25.1 Å². The fourth-order valence-electron chi connectivity index (χ4n) is 2.34. The van der Waals surface area contributed by atoms with Crippen molar-refractivity contribution in [3.8, 4) is 11.5 Å². The number of ether oxygens (including phenoxy) is 2. The zero-order chi connectivity index (χ0) is 18.5. The molecule has 0 bridgehead atoms. The Labute approximate surface area is 155 Å². The normalized spacial score (nSPS) is 10.3. The molecule has 0 saturated heterocycles. The molecule has 0 saturated carbocycles. The third-order valence-electron chi connectivity index (χ3n) is 3.68. The maximum Gasteiger partial charge on any atom is 0.275 e. The summed E-state index contributed by atoms with van der Waals surface area (Å²) in [7, 11) is 3.21. The lowest BCUT2D eigenvalue weighted by Crippen LogP contribution is -2.12. The Hall–Kier alpha value is -3.06. The summed E-state index contributed by atoms with van der Waals surface area (Å²) in [5.74, 6) is 1.18. The highest BCUT2D eigenvalue weighted by Crippen LogP contribution is 2.30. The van der Waals surface area contributed by atoms with Gasteiger partial charge in [0.1, 0.15) is 17.2 Å². The number of benzene rings is 2. The molecule has 0 aliphatic carbocycles. The largest absolute Gasteiger partial charge is 0.497 e. The second-order valence-corrected chi connectivity index (χ2v) is 6.41. The van der Waals surface area contributed by atoms with E-state index >= 15 is 0 Å². The topological polar surface area (TPSA) is 72.5 Å². The van der Waals surface area contributed by atoms with Crippen LogP contribution in [0.2, 0.25) is 0 Å². The van der Waals surface area contributed by atoms with E-state index in [-0.39, 0.29) is 5.91 Å². The molecule has 0 unspecified atom stereocenters. The average molecular weight is 369 g/mol. The minimum Gasteiger partial charge on any atom is -0.497 e. The molecule has 2 aromatic carbocycles. The van der Waals surface area contributed by atoms with Gasteiger partial charge >= 0.3 is 0 Å². The Balaban J connectivity index is 1.71. The molecule has 7 heteroatoms. The van der Waals surface area contributed by atoms with Crippen molar-refractivity contribution in [1.82, 2.24) is 4.98 Å². The number of amides is 1. The van der Waals surface area contributed by atoms with Crippen LogP contribution in [0.15, 0.2) is 47.8 Å². The molecule has 1 heterocycles. The van der Waals surface area contributed by atoms with Crippen LogP contribution in [0.5, 0.6) is 11.5 Å². The van der Waals surface area contributed by atoms with Crippen molar-refractivity contribution in [2.45, 2.75) is 6.92 Å². The van der Waals surface area contributed by atoms with Gasteiger partial charge in [-0.2, -0.15) is 0 Å². The molecule has 3 rings (SSSR count). The van der Waals surface area contributed by atoms with Crippen molar-refractivity contribution in [3.05, 3.63) is 59.1 Å². The van der Waals surface area contributed by atoms with Gasteiger partial charge in [-0.1, -0.05) is 6.07 Å². The third-order valence-corrected chi connectivity index (χ3v) is 4.44. The van der Waals surface area contributed by atoms with E-state index in [1.54, 1.807) is 43.9 Å². The van der Waals surface area contributed by atoms with Crippen LogP contribution in [0, 0.1) is 6.92 Å². The number of nitrogens with one attached hydrogen (secondary N) is 2. The number of nitrogens with zero attached hydrogens (tertiary/aromatic N) is 1. The highest BCUT2D eigenvalue weighted by atomic mass is 32.1. The molecule has 6 nitrogen and oxygen atoms in total. The molecular formula is C19H19N3O3S. The highest BCUT2D eigenvalue weighted by molar-refractivity contribution is 7.14. The molecule has 0 aliphatic rings. The first-order chi connectivity index (χ1) is 12.6. The van der Waals surface area contributed by atoms with Crippen molar-refractivity contribution in [1.29, 1.82) is 0 Å². The number of aryl methyl sites for hydroxylation is 1. The number of anilines is 3. The average Bonchev–Trinajstić information content (AvgIpc) is 3.11. The Morgan fingerprint density at radius 3 is 2.54 bits per heavy atom. The van der Waals surface area contributed by atoms with Crippen LogP contribution in [-0.2, 0) is 0 Å². The number of hydrogen-bond donors (Lipinski definition) is 2. The molecule has 0 atom stereocenters. The summed E-state index contributed by atoms with van der Waals surface area (Å²) in [5, 5.41) is 8.35. The Bertz CT molecular complexity index is 907. The lowest BCUT2D eigenvalue weighted by atomic mass is 10.2. The van der Waals surface area contributed by atoms with E-state index in [0.29, 0.717) is 16.5 Å². The minimum atomic E-state index is -0.268. The van der Waals surface area contributed by atoms with Crippen molar-refractivity contribution in [2.24, 2.45) is 0 Å². The van der Waals surface area contributed by atoms with Gasteiger partial charge in [-0.25, -0.2) is 4.98 Å². The number of thiazole rings is 1. The molecule has 134 valence electrons. The predicted octanol–water partition coefficient (Wildman–Crippen LogP) is 4.46. The number of carbonyl (C=O) groups is 1. The molecular weight excluding hydrogens is 350 g/mol. The monoisotopic (exact) mass is 369 g/mol. The number of methoxy groups -OCH3 is 2. The first-order valence-corrected chi connectivity index (χ1v) is 8.79. The summed E-state index contributed by atoms with van der Waals surface area (Å²) in [6, 6.07) is 13.0. The molecule has 1 aromatic heterocycles. The molecule has 0 radical (unpaired) electrons. The van der Waals surface area contributed by atoms with E-state index < -0.39 is 0 Å². The molecule has 1 amide bonds. The first-order valence-electron chi connectivity index (χ1n) is 7.91. The SMILES string of the molecule is COc1ccc(NC(=O)c2csc(Nc3cc(C)ccc3OC)n2)cc1. The Kier molecular flexibility index (Phi) is 5.38. The van der Waals surface area contributed by atoms with Crippen LogP contribution in [0.1, 0.15) is 16.1 Å². The second kappa shape index (κ2) is 7.88. The number of carbonyl (C=O) groups excluding carboxylic acids is 1. The fraction of sp³-hybridized carbons (Fsp3) is 0.158. The van der Waals surface area contributed by atoms with Gasteiger partial charge in [0.05, 0.1) is 19.9 Å². The molecule has 3 aromatic rings. The van der Waals surface area contributed by atoms with E-state index in [4.69, 9.17) is 9.47 Å². The maximum absolute atomic E-state index is 12.4. The lowest BCUT2D eigenvalue weighted by Gasteiger charge is -2.09. The maximum atomic E-state index is 12.4. The summed E-state index contributed by atoms with van der Waals surface area (Å²) in [5.41, 5.74) is 2.94. The van der Waals surface area contributed by atoms with Crippen LogP contribution in [0.25, 0.3) is 0 Å². The van der Waals surface area contributed by atoms with Gasteiger partial charge in [0.15, 0.2) is 5.13 Å². The standard InChI is InChI=1S/C19H19N3O3S/c1-12-4-9-17(25-3)15(10-12)21-19-22-16(11-26-19)18(23)20-13-5-7-14(24-2)8-6-13/h4-11H,1-3H3,(H,20,23)(H,21,22). The molecule has 0 aliphatic heterocycles. The summed E-state index contributed by atoms with van der Waals surface area (Å²) < 4.78 is 10.5. The summed E-state index contributed by atoms with van der Waals surface area (Å²) in [6.45, 7) is 2.00. The van der Waals surface area contributed by atoms with E-state index in [2.05, 4.69) is 15.6 Å². The van der Waals surface area contributed by atoms with E-state index in [1.165, 1.54) is 11.3 Å². The van der Waals surface area contributed by atoms with Gasteiger partial charge in [-0.3, -0.25) is 4.79 Å². The van der Waals surface area contributed by atoms with E-state index in [9.17, 15) is 4.79 Å². The Morgan fingerprint density at radius 2 is 1.85 bits per heavy atom. The summed E-state index contributed by atoms with van der Waals surface area (Å²) in [6.07, 6.45) is 0. The van der Waals surface area contributed by atoms with Crippen molar-refractivity contribution in [3.63, 3.8) is 0 Å². The molecule has 26 heavy (non-hydrogen) atoms. The van der Waals surface area contributed by atoms with Gasteiger partial charge < -0.3 is 20.1 Å². The van der Waals surface area contributed by atoms with E-state index in [1.807, 2.05) is 25.1 Å². The molecule has 0 spiro atoms. The minimum absolute atomic E-state index is 0.268. The quantitative estimate of drug-likeness (QED) is 0.671. The zero-order valence-corrected chi connectivity index (χ0v) is 15.5. The van der Waals surface area contributed by atoms with Gasteiger partial charge in [-0.05, 0) is 48.9 Å². The smallest absolute Gasteiger partial charge is 0.275 e. The van der Waals surface area contributed by atoms with Gasteiger partial charge in [-0.15, -0.1) is 11.3 Å². The van der Waals surface area contributed by atoms with E-state index in [0.717, 1.165) is 22.7 Å². The summed E-state index contributed by atoms with van der Waals surface area (Å²) in [4.78, 5) is 16.7. The van der Waals surface area contributed by atoms with Crippen molar-refractivity contribution in [2.75, 3.05) is 24.9 Å². The highest BCUT2D eigenvalue weighted by Gasteiger charge is 2.12. The number of rotatable bonds is 6. The fourth-order valence-corrected chi connectivity index (χ4v) is 3.04. The zero-order valence-electron chi connectivity index (χ0n) is 14.7. The van der Waals surface area contributed by atoms with Crippen LogP contribution in [0.4, 0.5) is 16.5 Å². The molecule has 2 N–H and O–H groups in total. The van der Waals surface area contributed by atoms with Crippen molar-refractivity contribution >= 4 is 33.8 Å². The van der Waals surface area contributed by atoms with Gasteiger partial charge in [0.25, 0.3) is 5.91 Å². The first kappa shape index (κ1) is 17.8. The van der Waals surface area contributed by atoms with Gasteiger partial charge in [0.2, 0.25) is 0 Å². The molecule has 0 fully saturated rings. The predicted molar refractivity (Wildman–Crippen MR) is 104 cm³/mol. The number of hydrogen-bond acceptors (Lipinski definition) is 6. The Morgan fingerprint density at radius 1 is 1.08 bits per heavy atom. The second-order valence-electron chi connectivity index (χ2n) is 5.55. The summed E-state index contributed by atoms with van der Waals surface area (Å²) >= 11 is 1.36. The number of aromatic nitrogens is 1. The van der Waals surface area contributed by atoms with Gasteiger partial charge in [0, 0.05) is 11.1 Å². The van der Waals surface area contributed by atoms with Crippen LogP contribution in [0.3, 0.4) is 0 Å². The third kappa shape index (κ3) is 4.12. The lowest BCUT2D eigenvalue weighted by molar-refractivity contribution is 0.102. The van der Waals surface area contributed by atoms with Crippen LogP contribution >= 0.6 is 11.3 Å². The van der Waals surface area contributed by atoms with Crippen molar-refractivity contribution < 1.29 is 14.3 Å². The van der Waals surface area contributed by atoms with Crippen LogP contribution < -0.4 is 20.1 Å².